The van der Waals surface area contributed by atoms with Gasteiger partial charge in [0.15, 0.2) is 0 Å². The highest BCUT2D eigenvalue weighted by atomic mass is 14.5. The molecule has 0 saturated heterocycles. The number of benzene rings is 6. The number of rotatable bonds is 8. The molecule has 4 nitrogen and oxygen atoms in total. The first-order valence-corrected chi connectivity index (χ1v) is 17.7. The van der Waals surface area contributed by atoms with Crippen LogP contribution in [0.2, 0.25) is 0 Å². The van der Waals surface area contributed by atoms with Gasteiger partial charge in [-0.25, -0.2) is 0 Å². The SMILES string of the molecule is C=C(C#N)/C=C/c1cccc(-c2ccc3c(c2)-c2cc(-c4cccc(C(/C=C(\C)C#N)=C/N)c4)ccc2C3(c2ccccc2)c2ccccc2)c1.CC=N. The lowest BCUT2D eigenvalue weighted by atomic mass is 9.67. The lowest BCUT2D eigenvalue weighted by Gasteiger charge is -2.34. The lowest BCUT2D eigenvalue weighted by molar-refractivity contribution is 0.768. The summed E-state index contributed by atoms with van der Waals surface area (Å²) in [5.41, 5.74) is 20.9. The predicted octanol–water partition coefficient (Wildman–Crippen LogP) is 11.9. The van der Waals surface area contributed by atoms with Gasteiger partial charge in [0.25, 0.3) is 0 Å². The molecule has 0 radical (unpaired) electrons. The smallest absolute Gasteiger partial charge is 0.0985 e. The zero-order valence-electron chi connectivity index (χ0n) is 30.4. The number of hydrogen-bond donors (Lipinski definition) is 2. The first-order chi connectivity index (χ1) is 26.4. The molecule has 0 unspecified atom stereocenters. The molecule has 3 N–H and O–H groups in total. The number of nitrogens with zero attached hydrogens (tertiary/aromatic N) is 2. The highest BCUT2D eigenvalue weighted by Crippen LogP contribution is 2.57. The van der Waals surface area contributed by atoms with Gasteiger partial charge in [-0.3, -0.25) is 0 Å². The van der Waals surface area contributed by atoms with Crippen LogP contribution in [-0.4, -0.2) is 6.21 Å². The van der Waals surface area contributed by atoms with E-state index in [0.29, 0.717) is 11.1 Å². The topological polar surface area (TPSA) is 97.4 Å². The molecule has 0 aliphatic heterocycles. The predicted molar refractivity (Wildman–Crippen MR) is 224 cm³/mol. The third-order valence-corrected chi connectivity index (χ3v) is 9.65. The maximum Gasteiger partial charge on any atom is 0.0985 e. The van der Waals surface area contributed by atoms with E-state index < -0.39 is 5.41 Å². The number of nitriles is 2. The Labute approximate surface area is 318 Å². The Morgan fingerprint density at radius 2 is 1.19 bits per heavy atom. The van der Waals surface area contributed by atoms with Crippen LogP contribution >= 0.6 is 0 Å². The molecule has 1 aliphatic rings. The number of allylic oxidation sites excluding steroid dienone is 5. The Morgan fingerprint density at radius 1 is 0.667 bits per heavy atom. The molecule has 6 aromatic rings. The minimum atomic E-state index is -0.524. The van der Waals surface area contributed by atoms with Gasteiger partial charge in [0.2, 0.25) is 0 Å². The van der Waals surface area contributed by atoms with Gasteiger partial charge in [0.05, 0.1) is 17.6 Å². The monoisotopic (exact) mass is 696 g/mol. The van der Waals surface area contributed by atoms with E-state index in [1.54, 1.807) is 26.1 Å². The number of nitrogens with two attached hydrogens (primary N) is 1. The second-order valence-corrected chi connectivity index (χ2v) is 13.0. The number of hydrogen-bond acceptors (Lipinski definition) is 4. The van der Waals surface area contributed by atoms with E-state index in [4.69, 9.17) is 11.1 Å². The normalized spacial score (nSPS) is 12.7. The number of fused-ring (bicyclic) bond motifs is 3. The molecular weight excluding hydrogens is 657 g/mol. The van der Waals surface area contributed by atoms with Crippen molar-refractivity contribution in [3.8, 4) is 45.5 Å². The van der Waals surface area contributed by atoms with E-state index >= 15 is 0 Å². The van der Waals surface area contributed by atoms with Crippen molar-refractivity contribution in [1.29, 1.82) is 15.9 Å². The first-order valence-electron chi connectivity index (χ1n) is 17.7. The van der Waals surface area contributed by atoms with E-state index in [9.17, 15) is 10.5 Å². The van der Waals surface area contributed by atoms with Crippen LogP contribution in [0.5, 0.6) is 0 Å². The third kappa shape index (κ3) is 7.10. The molecule has 0 amide bonds. The molecule has 1 aliphatic carbocycles. The average Bonchev–Trinajstić information content (AvgIpc) is 3.52. The second kappa shape index (κ2) is 16.4. The second-order valence-electron chi connectivity index (χ2n) is 13.0. The van der Waals surface area contributed by atoms with Gasteiger partial charge in [0.1, 0.15) is 0 Å². The van der Waals surface area contributed by atoms with Crippen molar-refractivity contribution in [1.82, 2.24) is 0 Å². The summed E-state index contributed by atoms with van der Waals surface area (Å²) in [6.45, 7) is 7.23. The summed E-state index contributed by atoms with van der Waals surface area (Å²) in [4.78, 5) is 0. The van der Waals surface area contributed by atoms with Gasteiger partial charge >= 0.3 is 0 Å². The van der Waals surface area contributed by atoms with Gasteiger partial charge in [0, 0.05) is 17.3 Å². The molecule has 0 fully saturated rings. The van der Waals surface area contributed by atoms with E-state index in [0.717, 1.165) is 39.0 Å². The quantitative estimate of drug-likeness (QED) is 0.0940. The molecule has 260 valence electrons. The summed E-state index contributed by atoms with van der Waals surface area (Å²) >= 11 is 0. The van der Waals surface area contributed by atoms with Gasteiger partial charge in [-0.1, -0.05) is 134 Å². The molecule has 0 heterocycles. The number of nitrogens with one attached hydrogen (secondary N) is 1. The molecule has 0 atom stereocenters. The molecule has 0 saturated carbocycles. The van der Waals surface area contributed by atoms with Crippen molar-refractivity contribution in [2.45, 2.75) is 19.3 Å². The molecule has 4 heteroatoms. The zero-order chi connectivity index (χ0) is 38.1. The Hall–Kier alpha value is -7.27. The molecular formula is C50H40N4. The van der Waals surface area contributed by atoms with Crippen molar-refractivity contribution in [3.63, 3.8) is 0 Å². The molecule has 6 aromatic carbocycles. The van der Waals surface area contributed by atoms with Crippen LogP contribution in [0.1, 0.15) is 47.2 Å². The largest absolute Gasteiger partial charge is 0.404 e. The van der Waals surface area contributed by atoms with E-state index in [-0.39, 0.29) is 0 Å². The van der Waals surface area contributed by atoms with Crippen molar-refractivity contribution in [3.05, 3.63) is 215 Å². The van der Waals surface area contributed by atoms with Crippen LogP contribution in [0.15, 0.2) is 182 Å². The summed E-state index contributed by atoms with van der Waals surface area (Å²) in [6, 6.07) is 56.2. The molecule has 0 spiro atoms. The van der Waals surface area contributed by atoms with Crippen molar-refractivity contribution < 1.29 is 0 Å². The minimum Gasteiger partial charge on any atom is -0.404 e. The minimum absolute atomic E-state index is 0.415. The average molecular weight is 697 g/mol. The van der Waals surface area contributed by atoms with E-state index in [1.807, 2.05) is 36.4 Å². The summed E-state index contributed by atoms with van der Waals surface area (Å²) in [5, 5.41) is 24.7. The van der Waals surface area contributed by atoms with Crippen LogP contribution in [0.4, 0.5) is 0 Å². The third-order valence-electron chi connectivity index (χ3n) is 9.65. The Morgan fingerprint density at radius 3 is 1.70 bits per heavy atom. The van der Waals surface area contributed by atoms with Crippen molar-refractivity contribution >= 4 is 17.9 Å². The summed E-state index contributed by atoms with van der Waals surface area (Å²) in [6.07, 6.45) is 8.30. The van der Waals surface area contributed by atoms with Crippen molar-refractivity contribution in [2.75, 3.05) is 0 Å². The summed E-state index contributed by atoms with van der Waals surface area (Å²) in [7, 11) is 0. The highest BCUT2D eigenvalue weighted by Gasteiger charge is 2.46. The molecule has 0 bridgehead atoms. The Kier molecular flexibility index (Phi) is 11.1. The molecule has 54 heavy (non-hydrogen) atoms. The van der Waals surface area contributed by atoms with Gasteiger partial charge in [-0.05, 0) is 129 Å². The van der Waals surface area contributed by atoms with Gasteiger partial charge in [-0.2, -0.15) is 10.5 Å². The van der Waals surface area contributed by atoms with Crippen molar-refractivity contribution in [2.24, 2.45) is 5.73 Å². The van der Waals surface area contributed by atoms with Gasteiger partial charge in [-0.15, -0.1) is 0 Å². The van der Waals surface area contributed by atoms with Crippen LogP contribution in [0, 0.1) is 28.1 Å². The Bertz CT molecular complexity index is 2480. The summed E-state index contributed by atoms with van der Waals surface area (Å²) in [5.74, 6) is 0. The maximum atomic E-state index is 9.39. The van der Waals surface area contributed by atoms with Gasteiger partial charge < -0.3 is 11.1 Å². The van der Waals surface area contributed by atoms with Crippen LogP contribution in [0.25, 0.3) is 45.0 Å². The van der Waals surface area contributed by atoms with Crippen LogP contribution < -0.4 is 5.73 Å². The van der Waals surface area contributed by atoms with E-state index in [2.05, 4.69) is 140 Å². The summed E-state index contributed by atoms with van der Waals surface area (Å²) < 4.78 is 0. The zero-order valence-corrected chi connectivity index (χ0v) is 30.4. The standard InChI is InChI=1S/C48H35N3.C2H5N/c1-33(30-49)19-20-35-11-9-12-36(26-35)39-21-23-46-44(28-39)45-29-40(37-13-10-14-38(27-37)41(32-51)25-34(2)31-50)22-24-47(45)48(46,42-15-5-3-6-16-42)43-17-7-4-8-18-43;1-2-3/h3-29,32H,1,51H2,2H3;2-3H,1H3/b20-19+,34-25+,41-32+;. The first kappa shape index (κ1) is 36.5. The Balaban J connectivity index is 0.00000160. The van der Waals surface area contributed by atoms with E-state index in [1.165, 1.54) is 39.6 Å². The highest BCUT2D eigenvalue weighted by molar-refractivity contribution is 5.91. The molecule has 0 aromatic heterocycles. The lowest BCUT2D eigenvalue weighted by Crippen LogP contribution is -2.28. The fraction of sp³-hybridized carbons (Fsp3) is 0.0600. The van der Waals surface area contributed by atoms with Crippen LogP contribution in [-0.2, 0) is 5.41 Å². The fourth-order valence-corrected chi connectivity index (χ4v) is 7.28. The molecule has 7 rings (SSSR count). The maximum absolute atomic E-state index is 9.39. The fourth-order valence-electron chi connectivity index (χ4n) is 7.28. The van der Waals surface area contributed by atoms with Crippen LogP contribution in [0.3, 0.4) is 0 Å².